The van der Waals surface area contributed by atoms with E-state index < -0.39 is 0 Å². The molecule has 0 spiro atoms. The van der Waals surface area contributed by atoms with Crippen LogP contribution < -0.4 is 5.32 Å². The Hall–Kier alpha value is -1.65. The van der Waals surface area contributed by atoms with E-state index in [1.54, 1.807) is 0 Å². The number of carbonyl (C=O) groups is 1. The van der Waals surface area contributed by atoms with Gasteiger partial charge in [-0.25, -0.2) is 9.97 Å². The molecule has 1 aromatic carbocycles. The molecule has 2 rings (SSSR count). The van der Waals surface area contributed by atoms with E-state index in [4.69, 9.17) is 23.2 Å². The van der Waals surface area contributed by atoms with Gasteiger partial charge in [0.25, 0.3) is 0 Å². The molecule has 0 fully saturated rings. The standard InChI is InChI=1S/C14H13Cl2N3O/c1-9-3-2-4-10(7-9)5-6-11(20)19-12-13(15)17-8-18-14(12)16/h2-4,7-8H,5-6H2,1H3,(H,19,20). The highest BCUT2D eigenvalue weighted by molar-refractivity contribution is 6.38. The van der Waals surface area contributed by atoms with Crippen molar-refractivity contribution < 1.29 is 4.79 Å². The number of hydrogen-bond donors (Lipinski definition) is 1. The molecule has 1 heterocycles. The fraction of sp³-hybridized carbons (Fsp3) is 0.214. The van der Waals surface area contributed by atoms with Gasteiger partial charge in [-0.15, -0.1) is 0 Å². The first kappa shape index (κ1) is 14.8. The van der Waals surface area contributed by atoms with E-state index in [-0.39, 0.29) is 21.9 Å². The number of nitrogens with zero attached hydrogens (tertiary/aromatic N) is 2. The zero-order chi connectivity index (χ0) is 14.5. The summed E-state index contributed by atoms with van der Waals surface area (Å²) < 4.78 is 0. The minimum atomic E-state index is -0.176. The molecule has 104 valence electrons. The third-order valence-electron chi connectivity index (χ3n) is 2.74. The molecule has 0 atom stereocenters. The van der Waals surface area contributed by atoms with Crippen LogP contribution in [0.2, 0.25) is 10.3 Å². The van der Waals surface area contributed by atoms with Crippen LogP contribution in [0.25, 0.3) is 0 Å². The average Bonchev–Trinajstić information content (AvgIpc) is 2.41. The minimum absolute atomic E-state index is 0.133. The number of nitrogens with one attached hydrogen (secondary N) is 1. The third-order valence-corrected chi connectivity index (χ3v) is 3.32. The van der Waals surface area contributed by atoms with Crippen LogP contribution in [0.5, 0.6) is 0 Å². The number of anilines is 1. The lowest BCUT2D eigenvalue weighted by Gasteiger charge is -2.07. The lowest BCUT2D eigenvalue weighted by Crippen LogP contribution is -2.13. The van der Waals surface area contributed by atoms with Crippen LogP contribution in [0, 0.1) is 6.92 Å². The van der Waals surface area contributed by atoms with Crippen molar-refractivity contribution >= 4 is 34.8 Å². The predicted octanol–water partition coefficient (Wildman–Crippen LogP) is 3.66. The van der Waals surface area contributed by atoms with Gasteiger partial charge in [0.15, 0.2) is 10.3 Å². The molecule has 0 unspecified atom stereocenters. The minimum Gasteiger partial charge on any atom is -0.321 e. The van der Waals surface area contributed by atoms with Gasteiger partial charge in [0.05, 0.1) is 0 Å². The van der Waals surface area contributed by atoms with Crippen LogP contribution in [-0.2, 0) is 11.2 Å². The van der Waals surface area contributed by atoms with Crippen LogP contribution in [0.15, 0.2) is 30.6 Å². The Balaban J connectivity index is 1.96. The first-order valence-corrected chi connectivity index (χ1v) is 6.83. The zero-order valence-electron chi connectivity index (χ0n) is 10.9. The van der Waals surface area contributed by atoms with Crippen LogP contribution in [0.1, 0.15) is 17.5 Å². The molecule has 0 aliphatic carbocycles. The molecule has 0 saturated carbocycles. The Morgan fingerprint density at radius 2 is 1.95 bits per heavy atom. The van der Waals surface area contributed by atoms with Crippen molar-refractivity contribution in [3.05, 3.63) is 52.0 Å². The third kappa shape index (κ3) is 3.92. The lowest BCUT2D eigenvalue weighted by molar-refractivity contribution is -0.116. The number of benzene rings is 1. The molecule has 0 saturated heterocycles. The molecule has 0 aliphatic heterocycles. The summed E-state index contributed by atoms with van der Waals surface area (Å²) in [6.45, 7) is 2.02. The van der Waals surface area contributed by atoms with Crippen LogP contribution in [0.4, 0.5) is 5.69 Å². The van der Waals surface area contributed by atoms with Gasteiger partial charge in [-0.1, -0.05) is 53.0 Å². The summed E-state index contributed by atoms with van der Waals surface area (Å²) >= 11 is 11.7. The number of rotatable bonds is 4. The summed E-state index contributed by atoms with van der Waals surface area (Å²) in [5, 5.41) is 2.90. The summed E-state index contributed by atoms with van der Waals surface area (Å²) in [5.41, 5.74) is 2.54. The van der Waals surface area contributed by atoms with Gasteiger partial charge in [-0.05, 0) is 18.9 Å². The average molecular weight is 310 g/mol. The van der Waals surface area contributed by atoms with Crippen molar-refractivity contribution in [2.24, 2.45) is 0 Å². The Morgan fingerprint density at radius 1 is 1.25 bits per heavy atom. The normalized spacial score (nSPS) is 10.3. The molecule has 6 heteroatoms. The lowest BCUT2D eigenvalue weighted by atomic mass is 10.1. The maximum absolute atomic E-state index is 11.9. The van der Waals surface area contributed by atoms with Crippen LogP contribution in [0.3, 0.4) is 0 Å². The van der Waals surface area contributed by atoms with Gasteiger partial charge in [-0.3, -0.25) is 4.79 Å². The maximum atomic E-state index is 11.9. The maximum Gasteiger partial charge on any atom is 0.224 e. The highest BCUT2D eigenvalue weighted by Gasteiger charge is 2.11. The molecule has 1 aromatic heterocycles. The van der Waals surface area contributed by atoms with E-state index in [0.29, 0.717) is 12.8 Å². The number of halogens is 2. The van der Waals surface area contributed by atoms with E-state index in [1.165, 1.54) is 11.9 Å². The largest absolute Gasteiger partial charge is 0.321 e. The molecule has 1 amide bonds. The highest BCUT2D eigenvalue weighted by Crippen LogP contribution is 2.25. The van der Waals surface area contributed by atoms with Crippen molar-refractivity contribution in [3.8, 4) is 0 Å². The number of amides is 1. The van der Waals surface area contributed by atoms with E-state index in [9.17, 15) is 4.79 Å². The zero-order valence-corrected chi connectivity index (χ0v) is 12.4. The van der Waals surface area contributed by atoms with E-state index in [1.807, 2.05) is 25.1 Å². The second-order valence-corrected chi connectivity index (χ2v) is 5.08. The Morgan fingerprint density at radius 3 is 2.60 bits per heavy atom. The highest BCUT2D eigenvalue weighted by atomic mass is 35.5. The summed E-state index contributed by atoms with van der Waals surface area (Å²) in [7, 11) is 0. The predicted molar refractivity (Wildman–Crippen MR) is 80.2 cm³/mol. The molecule has 0 aliphatic rings. The summed E-state index contributed by atoms with van der Waals surface area (Å²) in [6, 6.07) is 8.04. The molecular formula is C14H13Cl2N3O. The van der Waals surface area contributed by atoms with Crippen LogP contribution in [-0.4, -0.2) is 15.9 Å². The molecule has 2 aromatic rings. The van der Waals surface area contributed by atoms with Gasteiger partial charge in [0.1, 0.15) is 12.0 Å². The van der Waals surface area contributed by atoms with E-state index >= 15 is 0 Å². The van der Waals surface area contributed by atoms with Gasteiger partial charge < -0.3 is 5.32 Å². The van der Waals surface area contributed by atoms with Gasteiger partial charge >= 0.3 is 0 Å². The fourth-order valence-corrected chi connectivity index (χ4v) is 2.18. The fourth-order valence-electron chi connectivity index (χ4n) is 1.78. The summed E-state index contributed by atoms with van der Waals surface area (Å²) in [5.74, 6) is -0.176. The Labute approximate surface area is 127 Å². The molecule has 4 nitrogen and oxygen atoms in total. The first-order chi connectivity index (χ1) is 9.56. The second-order valence-electron chi connectivity index (χ2n) is 4.37. The van der Waals surface area contributed by atoms with Crippen molar-refractivity contribution in [1.82, 2.24) is 9.97 Å². The molecule has 0 radical (unpaired) electrons. The molecular weight excluding hydrogens is 297 g/mol. The molecule has 20 heavy (non-hydrogen) atoms. The quantitative estimate of drug-likeness (QED) is 0.877. The Kier molecular flexibility index (Phi) is 4.93. The van der Waals surface area contributed by atoms with Gasteiger partial charge in [-0.2, -0.15) is 0 Å². The molecule has 1 N–H and O–H groups in total. The number of aryl methyl sites for hydroxylation is 2. The first-order valence-electron chi connectivity index (χ1n) is 6.07. The molecule has 0 bridgehead atoms. The summed E-state index contributed by atoms with van der Waals surface area (Å²) in [6.07, 6.45) is 2.23. The smallest absolute Gasteiger partial charge is 0.224 e. The van der Waals surface area contributed by atoms with Gasteiger partial charge in [0.2, 0.25) is 5.91 Å². The van der Waals surface area contributed by atoms with E-state index in [0.717, 1.165) is 5.56 Å². The van der Waals surface area contributed by atoms with Crippen molar-refractivity contribution in [2.45, 2.75) is 19.8 Å². The topological polar surface area (TPSA) is 54.9 Å². The monoisotopic (exact) mass is 309 g/mol. The van der Waals surface area contributed by atoms with Crippen LogP contribution >= 0.6 is 23.2 Å². The van der Waals surface area contributed by atoms with Gasteiger partial charge in [0, 0.05) is 6.42 Å². The van der Waals surface area contributed by atoms with Crippen molar-refractivity contribution in [2.75, 3.05) is 5.32 Å². The summed E-state index contributed by atoms with van der Waals surface area (Å²) in [4.78, 5) is 19.4. The number of aromatic nitrogens is 2. The SMILES string of the molecule is Cc1cccc(CCC(=O)Nc2c(Cl)ncnc2Cl)c1. The van der Waals surface area contributed by atoms with Crippen molar-refractivity contribution in [1.29, 1.82) is 0 Å². The Bertz CT molecular complexity index is 611. The number of hydrogen-bond acceptors (Lipinski definition) is 3. The van der Waals surface area contributed by atoms with E-state index in [2.05, 4.69) is 21.4 Å². The second kappa shape index (κ2) is 6.68. The number of carbonyl (C=O) groups excluding carboxylic acids is 1. The van der Waals surface area contributed by atoms with Crippen molar-refractivity contribution in [3.63, 3.8) is 0 Å².